The van der Waals surface area contributed by atoms with Gasteiger partial charge in [-0.2, -0.15) is 0 Å². The number of thioether (sulfide) groups is 1. The first kappa shape index (κ1) is 13.8. The Morgan fingerprint density at radius 1 is 1.14 bits per heavy atom. The molecule has 0 aliphatic heterocycles. The summed E-state index contributed by atoms with van der Waals surface area (Å²) >= 11 is 1.04. The summed E-state index contributed by atoms with van der Waals surface area (Å²) in [5.74, 6) is -1.39. The number of halogens is 2. The van der Waals surface area contributed by atoms with Crippen molar-refractivity contribution in [2.45, 2.75) is 4.90 Å². The second-order valence-corrected chi connectivity index (χ2v) is 5.45. The van der Waals surface area contributed by atoms with Gasteiger partial charge in [0.2, 0.25) is 0 Å². The minimum Gasteiger partial charge on any atom is -0.464 e. The number of hydrogen-bond donors (Lipinski definition) is 0. The second-order valence-electron chi connectivity index (χ2n) is 4.43. The van der Waals surface area contributed by atoms with Gasteiger partial charge in [-0.15, -0.1) is 11.8 Å². The lowest BCUT2D eigenvalue weighted by atomic mass is 10.1. The number of carbonyl (C=O) groups excluding carboxylic acids is 1. The van der Waals surface area contributed by atoms with Crippen LogP contribution in [0.25, 0.3) is 11.0 Å². The Kier molecular flexibility index (Phi) is 3.75. The van der Waals surface area contributed by atoms with Crippen LogP contribution in [0.3, 0.4) is 0 Å². The molecule has 0 saturated carbocycles. The monoisotopic (exact) mass is 304 g/mol. The van der Waals surface area contributed by atoms with E-state index in [1.807, 2.05) is 12.1 Å². The maximum atomic E-state index is 13.5. The van der Waals surface area contributed by atoms with Gasteiger partial charge in [-0.1, -0.05) is 18.2 Å². The number of Topliss-reactive ketones (excluding diaryl/α,β-unsaturated/α-hetero) is 1. The molecule has 0 amide bonds. The van der Waals surface area contributed by atoms with Gasteiger partial charge in [0.15, 0.2) is 5.78 Å². The Morgan fingerprint density at radius 2 is 1.95 bits per heavy atom. The largest absolute Gasteiger partial charge is 0.464 e. The first-order chi connectivity index (χ1) is 10.1. The topological polar surface area (TPSA) is 30.2 Å². The molecule has 0 saturated heterocycles. The molecule has 1 aromatic heterocycles. The van der Waals surface area contributed by atoms with E-state index in [2.05, 4.69) is 0 Å². The van der Waals surface area contributed by atoms with Crippen LogP contribution in [-0.4, -0.2) is 11.5 Å². The molecule has 21 heavy (non-hydrogen) atoms. The van der Waals surface area contributed by atoms with Gasteiger partial charge in [0.05, 0.1) is 11.3 Å². The summed E-state index contributed by atoms with van der Waals surface area (Å²) in [6, 6.07) is 10.5. The van der Waals surface area contributed by atoms with E-state index in [4.69, 9.17) is 4.42 Å². The first-order valence-corrected chi connectivity index (χ1v) is 7.21. The number of benzene rings is 2. The van der Waals surface area contributed by atoms with Crippen LogP contribution < -0.4 is 0 Å². The molecule has 0 N–H and O–H groups in total. The van der Waals surface area contributed by atoms with Crippen molar-refractivity contribution in [2.24, 2.45) is 0 Å². The molecule has 0 aliphatic carbocycles. The van der Waals surface area contributed by atoms with Crippen molar-refractivity contribution in [3.63, 3.8) is 0 Å². The Morgan fingerprint density at radius 3 is 2.76 bits per heavy atom. The molecule has 3 rings (SSSR count). The number of hydrogen-bond acceptors (Lipinski definition) is 3. The molecule has 3 aromatic rings. The van der Waals surface area contributed by atoms with Gasteiger partial charge < -0.3 is 4.42 Å². The van der Waals surface area contributed by atoms with Gasteiger partial charge in [0.25, 0.3) is 0 Å². The third-order valence-electron chi connectivity index (χ3n) is 3.03. The third kappa shape index (κ3) is 2.83. The normalized spacial score (nSPS) is 11.0. The number of carbonyl (C=O) groups is 1. The lowest BCUT2D eigenvalue weighted by molar-refractivity contribution is 0.102. The zero-order valence-electron chi connectivity index (χ0n) is 10.8. The molecule has 0 unspecified atom stereocenters. The van der Waals surface area contributed by atoms with Crippen molar-refractivity contribution < 1.29 is 18.0 Å². The van der Waals surface area contributed by atoms with E-state index < -0.39 is 11.6 Å². The summed E-state index contributed by atoms with van der Waals surface area (Å²) in [6.45, 7) is 0. The van der Waals surface area contributed by atoms with E-state index in [0.717, 1.165) is 23.2 Å². The van der Waals surface area contributed by atoms with Crippen molar-refractivity contribution in [3.05, 3.63) is 65.9 Å². The van der Waals surface area contributed by atoms with Gasteiger partial charge in [-0.05, 0) is 18.2 Å². The highest BCUT2D eigenvalue weighted by Gasteiger charge is 2.14. The fraction of sp³-hybridized carbons (Fsp3) is 0.0625. The predicted molar refractivity (Wildman–Crippen MR) is 77.6 cm³/mol. The summed E-state index contributed by atoms with van der Waals surface area (Å²) < 4.78 is 31.6. The molecule has 0 radical (unpaired) electrons. The van der Waals surface area contributed by atoms with Crippen LogP contribution in [-0.2, 0) is 0 Å². The van der Waals surface area contributed by atoms with E-state index in [1.54, 1.807) is 12.1 Å². The summed E-state index contributed by atoms with van der Waals surface area (Å²) in [5.41, 5.74) is 1.11. The molecule has 0 bridgehead atoms. The zero-order chi connectivity index (χ0) is 14.8. The van der Waals surface area contributed by atoms with Crippen LogP contribution in [0.15, 0.2) is 58.0 Å². The van der Waals surface area contributed by atoms with E-state index in [1.165, 1.54) is 18.4 Å². The molecule has 0 fully saturated rings. The molecular formula is C16H10F2O2S. The van der Waals surface area contributed by atoms with Gasteiger partial charge in [0, 0.05) is 16.3 Å². The lowest BCUT2D eigenvalue weighted by Crippen LogP contribution is -2.01. The molecule has 0 aliphatic rings. The Labute approximate surface area is 123 Å². The van der Waals surface area contributed by atoms with E-state index >= 15 is 0 Å². The number of rotatable bonds is 4. The lowest BCUT2D eigenvalue weighted by Gasteiger charge is -2.02. The summed E-state index contributed by atoms with van der Waals surface area (Å²) in [5, 5.41) is 0.739. The minimum absolute atomic E-state index is 0.0616. The molecule has 2 aromatic carbocycles. The Hall–Kier alpha value is -2.14. The van der Waals surface area contributed by atoms with Crippen LogP contribution in [0.1, 0.15) is 10.4 Å². The van der Waals surface area contributed by atoms with Crippen molar-refractivity contribution >= 4 is 28.5 Å². The van der Waals surface area contributed by atoms with Crippen LogP contribution in [0.5, 0.6) is 0 Å². The van der Waals surface area contributed by atoms with Gasteiger partial charge >= 0.3 is 0 Å². The van der Waals surface area contributed by atoms with Gasteiger partial charge in [-0.25, -0.2) is 8.78 Å². The van der Waals surface area contributed by atoms with Crippen LogP contribution in [0.2, 0.25) is 0 Å². The predicted octanol–water partition coefficient (Wildman–Crippen LogP) is 4.69. The fourth-order valence-corrected chi connectivity index (χ4v) is 2.81. The van der Waals surface area contributed by atoms with Gasteiger partial charge in [0.1, 0.15) is 23.5 Å². The van der Waals surface area contributed by atoms with Crippen molar-refractivity contribution in [2.75, 3.05) is 5.75 Å². The van der Waals surface area contributed by atoms with Crippen LogP contribution >= 0.6 is 11.8 Å². The van der Waals surface area contributed by atoms with Crippen molar-refractivity contribution in [1.82, 2.24) is 0 Å². The van der Waals surface area contributed by atoms with Crippen molar-refractivity contribution in [1.29, 1.82) is 0 Å². The smallest absolute Gasteiger partial charge is 0.176 e. The summed E-state index contributed by atoms with van der Waals surface area (Å²) in [6.07, 6.45) is 1.41. The van der Waals surface area contributed by atoms with E-state index in [9.17, 15) is 13.6 Å². The average molecular weight is 304 g/mol. The summed E-state index contributed by atoms with van der Waals surface area (Å²) in [4.78, 5) is 12.4. The molecule has 0 spiro atoms. The zero-order valence-corrected chi connectivity index (χ0v) is 11.6. The van der Waals surface area contributed by atoms with E-state index in [0.29, 0.717) is 11.1 Å². The highest BCUT2D eigenvalue weighted by Crippen LogP contribution is 2.26. The van der Waals surface area contributed by atoms with Crippen molar-refractivity contribution in [3.8, 4) is 0 Å². The molecule has 106 valence electrons. The minimum atomic E-state index is -0.662. The van der Waals surface area contributed by atoms with Crippen LogP contribution in [0, 0.1) is 11.6 Å². The highest BCUT2D eigenvalue weighted by atomic mass is 32.2. The fourth-order valence-electron chi connectivity index (χ4n) is 2.01. The average Bonchev–Trinajstić information content (AvgIpc) is 2.90. The maximum absolute atomic E-state index is 13.5. The Bertz CT molecular complexity index is 811. The number of fused-ring (bicyclic) bond motifs is 1. The van der Waals surface area contributed by atoms with Gasteiger partial charge in [-0.3, -0.25) is 4.79 Å². The first-order valence-electron chi connectivity index (χ1n) is 6.22. The molecule has 5 heteroatoms. The quantitative estimate of drug-likeness (QED) is 0.517. The second kappa shape index (κ2) is 5.69. The third-order valence-corrected chi connectivity index (χ3v) is 4.08. The maximum Gasteiger partial charge on any atom is 0.176 e. The molecule has 1 heterocycles. The number of ketones is 1. The molecule has 0 atom stereocenters. The molecule has 2 nitrogen and oxygen atoms in total. The summed E-state index contributed by atoms with van der Waals surface area (Å²) in [7, 11) is 0. The number of furan rings is 1. The standard InChI is InChI=1S/C16H10F2O2S/c17-10-5-6-16(13(18)7-10)21-9-14(19)12-8-20-15-4-2-1-3-11(12)15/h1-8H,9H2. The molecular weight excluding hydrogens is 294 g/mol. The Balaban J connectivity index is 1.77. The van der Waals surface area contributed by atoms with Crippen LogP contribution in [0.4, 0.5) is 8.78 Å². The van der Waals surface area contributed by atoms with E-state index in [-0.39, 0.29) is 16.4 Å². The SMILES string of the molecule is O=C(CSc1ccc(F)cc1F)c1coc2ccccc12. The highest BCUT2D eigenvalue weighted by molar-refractivity contribution is 8.00. The number of para-hydroxylation sites is 1.